The van der Waals surface area contributed by atoms with E-state index in [4.69, 9.17) is 0 Å². The highest BCUT2D eigenvalue weighted by Gasteiger charge is 2.12. The van der Waals surface area contributed by atoms with Gasteiger partial charge in [0.15, 0.2) is 0 Å². The molecule has 1 atom stereocenters. The third-order valence-electron chi connectivity index (χ3n) is 3.18. The molecule has 0 N–H and O–H groups in total. The van der Waals surface area contributed by atoms with Gasteiger partial charge in [-0.05, 0) is 30.5 Å². The molecule has 0 fully saturated rings. The molecule has 1 aromatic carbocycles. The first kappa shape index (κ1) is 14.1. The van der Waals surface area contributed by atoms with Gasteiger partial charge in [0.2, 0.25) is 0 Å². The predicted molar refractivity (Wildman–Crippen MR) is 83.6 cm³/mol. The molecule has 0 bridgehead atoms. The Morgan fingerprint density at radius 2 is 1.84 bits per heavy atom. The molecule has 0 aliphatic rings. The molecule has 0 saturated carbocycles. The largest absolute Gasteiger partial charge is 0.300 e. The molecule has 2 aromatic rings. The Kier molecular flexibility index (Phi) is 5.43. The fourth-order valence-electron chi connectivity index (χ4n) is 2.20. The van der Waals surface area contributed by atoms with Crippen molar-refractivity contribution in [2.75, 3.05) is 19.3 Å². The number of pyridine rings is 1. The van der Waals surface area contributed by atoms with Crippen LogP contribution in [-0.2, 0) is 6.54 Å². The molecular weight excluding hydrogens is 252 g/mol. The van der Waals surface area contributed by atoms with Crippen molar-refractivity contribution < 1.29 is 0 Å². The van der Waals surface area contributed by atoms with Crippen LogP contribution in [0.2, 0.25) is 0 Å². The Labute approximate surface area is 120 Å². The van der Waals surface area contributed by atoms with E-state index in [1.807, 2.05) is 18.3 Å². The van der Waals surface area contributed by atoms with Gasteiger partial charge < -0.3 is 0 Å². The summed E-state index contributed by atoms with van der Waals surface area (Å²) in [6.45, 7) is 1.86. The highest BCUT2D eigenvalue weighted by atomic mass is 32.1. The maximum atomic E-state index is 4.49. The van der Waals surface area contributed by atoms with Crippen molar-refractivity contribution in [1.29, 1.82) is 0 Å². The van der Waals surface area contributed by atoms with E-state index in [1.54, 1.807) is 0 Å². The molecule has 0 aliphatic heterocycles. The van der Waals surface area contributed by atoms with Crippen molar-refractivity contribution in [3.05, 3.63) is 66.0 Å². The molecule has 3 heteroatoms. The highest BCUT2D eigenvalue weighted by Crippen LogP contribution is 2.18. The number of aromatic nitrogens is 1. The lowest BCUT2D eigenvalue weighted by Crippen LogP contribution is -2.25. The van der Waals surface area contributed by atoms with Gasteiger partial charge in [-0.25, -0.2) is 0 Å². The average Bonchev–Trinajstić information content (AvgIpc) is 2.47. The minimum Gasteiger partial charge on any atom is -0.300 e. The minimum absolute atomic E-state index is 0.457. The molecule has 0 radical (unpaired) electrons. The lowest BCUT2D eigenvalue weighted by molar-refractivity contribution is 0.307. The minimum atomic E-state index is 0.457. The van der Waals surface area contributed by atoms with Crippen LogP contribution in [0.15, 0.2) is 54.7 Å². The standard InChI is InChI=1S/C16H20N2S/c1-18(12-16-9-5-6-10-17-16)11-15(13-19)14-7-3-2-4-8-14/h2-10,15,19H,11-13H2,1H3. The average molecular weight is 272 g/mol. The van der Waals surface area contributed by atoms with Crippen LogP contribution in [-0.4, -0.2) is 29.2 Å². The molecular formula is C16H20N2S. The molecule has 1 heterocycles. The molecule has 2 rings (SSSR count). The van der Waals surface area contributed by atoms with E-state index in [0.717, 1.165) is 24.5 Å². The summed E-state index contributed by atoms with van der Waals surface area (Å²) in [6, 6.07) is 16.6. The third-order valence-corrected chi connectivity index (χ3v) is 3.62. The smallest absolute Gasteiger partial charge is 0.0543 e. The fourth-order valence-corrected chi connectivity index (χ4v) is 2.53. The number of nitrogens with zero attached hydrogens (tertiary/aromatic N) is 2. The molecule has 0 saturated heterocycles. The Bertz CT molecular complexity index is 473. The summed E-state index contributed by atoms with van der Waals surface area (Å²) in [7, 11) is 2.13. The summed E-state index contributed by atoms with van der Waals surface area (Å²) in [5, 5.41) is 0. The van der Waals surface area contributed by atoms with E-state index in [0.29, 0.717) is 5.92 Å². The van der Waals surface area contributed by atoms with Gasteiger partial charge in [-0.2, -0.15) is 12.6 Å². The molecule has 1 unspecified atom stereocenters. The van der Waals surface area contributed by atoms with Crippen molar-refractivity contribution in [2.24, 2.45) is 0 Å². The second-order valence-corrected chi connectivity index (χ2v) is 5.17. The zero-order valence-corrected chi connectivity index (χ0v) is 12.1. The van der Waals surface area contributed by atoms with Gasteiger partial charge in [0, 0.05) is 25.2 Å². The molecule has 2 nitrogen and oxygen atoms in total. The van der Waals surface area contributed by atoms with Crippen molar-refractivity contribution in [1.82, 2.24) is 9.88 Å². The Balaban J connectivity index is 1.95. The Hall–Kier alpha value is -1.32. The Morgan fingerprint density at radius 3 is 2.47 bits per heavy atom. The number of hydrogen-bond donors (Lipinski definition) is 1. The lowest BCUT2D eigenvalue weighted by Gasteiger charge is -2.23. The first-order valence-electron chi connectivity index (χ1n) is 6.54. The van der Waals surface area contributed by atoms with E-state index < -0.39 is 0 Å². The van der Waals surface area contributed by atoms with Gasteiger partial charge in [-0.1, -0.05) is 36.4 Å². The number of rotatable bonds is 6. The second kappa shape index (κ2) is 7.31. The van der Waals surface area contributed by atoms with Crippen LogP contribution >= 0.6 is 12.6 Å². The van der Waals surface area contributed by atoms with E-state index in [1.165, 1.54) is 5.56 Å². The zero-order valence-electron chi connectivity index (χ0n) is 11.2. The van der Waals surface area contributed by atoms with Crippen LogP contribution in [0.3, 0.4) is 0 Å². The van der Waals surface area contributed by atoms with E-state index in [2.05, 4.69) is 66.0 Å². The Morgan fingerprint density at radius 1 is 1.11 bits per heavy atom. The number of hydrogen-bond acceptors (Lipinski definition) is 3. The summed E-state index contributed by atoms with van der Waals surface area (Å²) in [4.78, 5) is 6.67. The molecule has 0 amide bonds. The molecule has 0 aliphatic carbocycles. The number of benzene rings is 1. The summed E-state index contributed by atoms with van der Waals surface area (Å²) in [6.07, 6.45) is 1.84. The predicted octanol–water partition coefficient (Wildman–Crippen LogP) is 3.23. The van der Waals surface area contributed by atoms with E-state index in [9.17, 15) is 0 Å². The topological polar surface area (TPSA) is 16.1 Å². The van der Waals surface area contributed by atoms with Gasteiger partial charge in [-0.3, -0.25) is 9.88 Å². The van der Waals surface area contributed by atoms with Crippen LogP contribution in [0.25, 0.3) is 0 Å². The van der Waals surface area contributed by atoms with Crippen molar-refractivity contribution >= 4 is 12.6 Å². The molecule has 1 aromatic heterocycles. The fraction of sp³-hybridized carbons (Fsp3) is 0.312. The van der Waals surface area contributed by atoms with Gasteiger partial charge in [0.05, 0.1) is 5.69 Å². The summed E-state index contributed by atoms with van der Waals surface area (Å²) in [5.74, 6) is 1.31. The first-order valence-corrected chi connectivity index (χ1v) is 7.17. The lowest BCUT2D eigenvalue weighted by atomic mass is 10.0. The highest BCUT2D eigenvalue weighted by molar-refractivity contribution is 7.80. The van der Waals surface area contributed by atoms with Gasteiger partial charge in [0.25, 0.3) is 0 Å². The van der Waals surface area contributed by atoms with E-state index in [-0.39, 0.29) is 0 Å². The van der Waals surface area contributed by atoms with Gasteiger partial charge >= 0.3 is 0 Å². The van der Waals surface area contributed by atoms with Crippen LogP contribution in [0.4, 0.5) is 0 Å². The maximum absolute atomic E-state index is 4.49. The van der Waals surface area contributed by atoms with Crippen LogP contribution in [0, 0.1) is 0 Å². The van der Waals surface area contributed by atoms with Crippen LogP contribution in [0.1, 0.15) is 17.2 Å². The first-order chi connectivity index (χ1) is 9.29. The number of thiol groups is 1. The normalized spacial score (nSPS) is 12.6. The molecule has 0 spiro atoms. The quantitative estimate of drug-likeness (QED) is 0.813. The summed E-state index contributed by atoms with van der Waals surface area (Å²) < 4.78 is 0. The summed E-state index contributed by atoms with van der Waals surface area (Å²) in [5.41, 5.74) is 2.46. The van der Waals surface area contributed by atoms with E-state index >= 15 is 0 Å². The monoisotopic (exact) mass is 272 g/mol. The molecule has 100 valence electrons. The van der Waals surface area contributed by atoms with Crippen molar-refractivity contribution in [3.8, 4) is 0 Å². The second-order valence-electron chi connectivity index (χ2n) is 4.81. The number of likely N-dealkylation sites (N-methyl/N-ethyl adjacent to an activating group) is 1. The van der Waals surface area contributed by atoms with Crippen LogP contribution < -0.4 is 0 Å². The van der Waals surface area contributed by atoms with Crippen molar-refractivity contribution in [3.63, 3.8) is 0 Å². The summed E-state index contributed by atoms with van der Waals surface area (Å²) >= 11 is 4.49. The van der Waals surface area contributed by atoms with Crippen LogP contribution in [0.5, 0.6) is 0 Å². The van der Waals surface area contributed by atoms with Gasteiger partial charge in [0.1, 0.15) is 0 Å². The molecule has 19 heavy (non-hydrogen) atoms. The van der Waals surface area contributed by atoms with Gasteiger partial charge in [-0.15, -0.1) is 0 Å². The third kappa shape index (κ3) is 4.37. The van der Waals surface area contributed by atoms with Crippen molar-refractivity contribution in [2.45, 2.75) is 12.5 Å². The SMILES string of the molecule is CN(Cc1ccccn1)CC(CS)c1ccccc1. The maximum Gasteiger partial charge on any atom is 0.0543 e. The zero-order chi connectivity index (χ0) is 13.5.